The lowest BCUT2D eigenvalue weighted by molar-refractivity contribution is 0.0786. The number of carbonyl (C=O) groups is 1. The van der Waals surface area contributed by atoms with E-state index >= 15 is 0 Å². The van der Waals surface area contributed by atoms with Crippen LogP contribution >= 0.6 is 0 Å². The first-order chi connectivity index (χ1) is 9.47. The maximum atomic E-state index is 12.4. The largest absolute Gasteiger partial charge is 0.373 e. The maximum absolute atomic E-state index is 12.4. The lowest BCUT2D eigenvalue weighted by Gasteiger charge is -2.20. The molecule has 0 unspecified atom stereocenters. The number of hydrogen-bond donors (Lipinski definition) is 1. The van der Waals surface area contributed by atoms with Gasteiger partial charge in [-0.25, -0.2) is 4.98 Å². The van der Waals surface area contributed by atoms with E-state index in [1.165, 1.54) is 0 Å². The highest BCUT2D eigenvalue weighted by Crippen LogP contribution is 2.13. The second-order valence-corrected chi connectivity index (χ2v) is 5.26. The fourth-order valence-electron chi connectivity index (χ4n) is 1.90. The van der Waals surface area contributed by atoms with Crippen molar-refractivity contribution < 1.29 is 4.79 Å². The maximum Gasteiger partial charge on any atom is 0.253 e. The first-order valence-electron chi connectivity index (χ1n) is 7.06. The van der Waals surface area contributed by atoms with Crippen LogP contribution < -0.4 is 5.32 Å². The number of hydrogen-bond acceptors (Lipinski definition) is 4. The van der Waals surface area contributed by atoms with E-state index in [2.05, 4.69) is 22.1 Å². The highest BCUT2D eigenvalue weighted by molar-refractivity contribution is 5.94. The minimum absolute atomic E-state index is 0.0445. The predicted octanol–water partition coefficient (Wildman–Crippen LogP) is 1.71. The molecular formula is C15H26N4O. The Morgan fingerprint density at radius 1 is 1.25 bits per heavy atom. The normalized spacial score (nSPS) is 10.7. The van der Waals surface area contributed by atoms with E-state index in [0.29, 0.717) is 12.1 Å². The van der Waals surface area contributed by atoms with Crippen LogP contribution in [0.2, 0.25) is 0 Å². The van der Waals surface area contributed by atoms with Crippen LogP contribution in [0.3, 0.4) is 0 Å². The molecule has 1 aromatic heterocycles. The minimum Gasteiger partial charge on any atom is -0.373 e. The molecule has 112 valence electrons. The lowest BCUT2D eigenvalue weighted by Crippen LogP contribution is -2.33. The standard InChI is InChI=1S/C15H26N4O/c1-6-7-13-10-12(11-14(16-2)17-13)15(20)19(5)9-8-18(3)4/h10-11H,6-9H2,1-5H3,(H,16,17). The molecule has 1 rings (SSSR count). The molecule has 1 N–H and O–H groups in total. The summed E-state index contributed by atoms with van der Waals surface area (Å²) < 4.78 is 0. The number of pyridine rings is 1. The number of anilines is 1. The molecule has 5 heteroatoms. The van der Waals surface area contributed by atoms with E-state index in [1.807, 2.05) is 40.3 Å². The minimum atomic E-state index is 0.0445. The van der Waals surface area contributed by atoms with E-state index in [9.17, 15) is 4.79 Å². The van der Waals surface area contributed by atoms with Crippen LogP contribution in [0.15, 0.2) is 12.1 Å². The number of aryl methyl sites for hydroxylation is 1. The molecule has 20 heavy (non-hydrogen) atoms. The molecule has 1 amide bonds. The monoisotopic (exact) mass is 278 g/mol. The van der Waals surface area contributed by atoms with Crippen LogP contribution in [0, 0.1) is 0 Å². The molecule has 0 aliphatic heterocycles. The Labute approximate surface area is 122 Å². The molecule has 0 spiro atoms. The molecule has 0 aliphatic carbocycles. The van der Waals surface area contributed by atoms with Gasteiger partial charge in [-0.1, -0.05) is 13.3 Å². The molecule has 1 heterocycles. The Bertz CT molecular complexity index is 445. The van der Waals surface area contributed by atoms with Crippen LogP contribution in [0.5, 0.6) is 0 Å². The van der Waals surface area contributed by atoms with E-state index in [4.69, 9.17) is 0 Å². The Morgan fingerprint density at radius 3 is 2.50 bits per heavy atom. The molecule has 1 aromatic rings. The van der Waals surface area contributed by atoms with Crippen LogP contribution in [0.4, 0.5) is 5.82 Å². The van der Waals surface area contributed by atoms with E-state index < -0.39 is 0 Å². The summed E-state index contributed by atoms with van der Waals surface area (Å²) in [4.78, 5) is 20.7. The van der Waals surface area contributed by atoms with Crippen molar-refractivity contribution in [3.8, 4) is 0 Å². The van der Waals surface area contributed by atoms with Gasteiger partial charge in [0.25, 0.3) is 5.91 Å². The number of amides is 1. The Balaban J connectivity index is 2.87. The predicted molar refractivity (Wildman–Crippen MR) is 83.3 cm³/mol. The van der Waals surface area contributed by atoms with Crippen molar-refractivity contribution in [3.63, 3.8) is 0 Å². The molecule has 0 fully saturated rings. The Morgan fingerprint density at radius 2 is 1.95 bits per heavy atom. The van der Waals surface area contributed by atoms with Crippen LogP contribution in [0.25, 0.3) is 0 Å². The zero-order chi connectivity index (χ0) is 15.1. The third-order valence-electron chi connectivity index (χ3n) is 3.12. The van der Waals surface area contributed by atoms with E-state index in [0.717, 1.165) is 30.9 Å². The molecule has 0 saturated heterocycles. The summed E-state index contributed by atoms with van der Waals surface area (Å²) in [5, 5.41) is 3.02. The van der Waals surface area contributed by atoms with Gasteiger partial charge in [-0.15, -0.1) is 0 Å². The molecule has 0 saturated carbocycles. The summed E-state index contributed by atoms with van der Waals surface area (Å²) >= 11 is 0. The van der Waals surface area contributed by atoms with Crippen molar-refractivity contribution in [1.29, 1.82) is 0 Å². The number of nitrogens with zero attached hydrogens (tertiary/aromatic N) is 3. The SMILES string of the molecule is CCCc1cc(C(=O)N(C)CCN(C)C)cc(NC)n1. The number of carbonyl (C=O) groups excluding carboxylic acids is 1. The second kappa shape index (κ2) is 7.85. The van der Waals surface area contributed by atoms with Gasteiger partial charge in [0.15, 0.2) is 0 Å². The summed E-state index contributed by atoms with van der Waals surface area (Å²) in [6.45, 7) is 3.68. The summed E-state index contributed by atoms with van der Waals surface area (Å²) in [5.41, 5.74) is 1.66. The molecule has 0 radical (unpaired) electrons. The fraction of sp³-hybridized carbons (Fsp3) is 0.600. The number of nitrogens with one attached hydrogen (secondary N) is 1. The lowest BCUT2D eigenvalue weighted by atomic mass is 10.1. The Hall–Kier alpha value is -1.62. The first kappa shape index (κ1) is 16.4. The fourth-order valence-corrected chi connectivity index (χ4v) is 1.90. The molecule has 0 atom stereocenters. The molecule has 0 aliphatic rings. The van der Waals surface area contributed by atoms with Crippen LogP contribution in [-0.4, -0.2) is 62.0 Å². The van der Waals surface area contributed by atoms with Crippen molar-refractivity contribution >= 4 is 11.7 Å². The van der Waals surface area contributed by atoms with Crippen molar-refractivity contribution in [1.82, 2.24) is 14.8 Å². The van der Waals surface area contributed by atoms with Gasteiger partial charge in [0.1, 0.15) is 5.82 Å². The number of aromatic nitrogens is 1. The zero-order valence-electron chi connectivity index (χ0n) is 13.2. The number of rotatable bonds is 7. The molecule has 5 nitrogen and oxygen atoms in total. The average Bonchev–Trinajstić information content (AvgIpc) is 2.43. The van der Waals surface area contributed by atoms with Crippen LogP contribution in [0.1, 0.15) is 29.4 Å². The average molecular weight is 278 g/mol. The quantitative estimate of drug-likeness (QED) is 0.825. The van der Waals surface area contributed by atoms with Gasteiger partial charge in [-0.05, 0) is 32.6 Å². The summed E-state index contributed by atoms with van der Waals surface area (Å²) in [7, 11) is 7.67. The smallest absolute Gasteiger partial charge is 0.253 e. The highest BCUT2D eigenvalue weighted by atomic mass is 16.2. The Kier molecular flexibility index (Phi) is 6.45. The first-order valence-corrected chi connectivity index (χ1v) is 7.06. The summed E-state index contributed by atoms with van der Waals surface area (Å²) in [5.74, 6) is 0.795. The van der Waals surface area contributed by atoms with E-state index in [1.54, 1.807) is 4.90 Å². The summed E-state index contributed by atoms with van der Waals surface area (Å²) in [6, 6.07) is 3.71. The molecular weight excluding hydrogens is 252 g/mol. The van der Waals surface area contributed by atoms with Gasteiger partial charge in [0.05, 0.1) is 0 Å². The van der Waals surface area contributed by atoms with Crippen molar-refractivity contribution in [2.24, 2.45) is 0 Å². The van der Waals surface area contributed by atoms with E-state index in [-0.39, 0.29) is 5.91 Å². The second-order valence-electron chi connectivity index (χ2n) is 5.26. The van der Waals surface area contributed by atoms with Crippen molar-refractivity contribution in [3.05, 3.63) is 23.4 Å². The van der Waals surface area contributed by atoms with Gasteiger partial charge in [0.2, 0.25) is 0 Å². The van der Waals surface area contributed by atoms with Crippen LogP contribution in [-0.2, 0) is 6.42 Å². The third-order valence-corrected chi connectivity index (χ3v) is 3.12. The van der Waals surface area contributed by atoms with Crippen molar-refractivity contribution in [2.75, 3.05) is 46.6 Å². The number of likely N-dealkylation sites (N-methyl/N-ethyl adjacent to an activating group) is 2. The molecule has 0 aromatic carbocycles. The highest BCUT2D eigenvalue weighted by Gasteiger charge is 2.14. The topological polar surface area (TPSA) is 48.5 Å². The van der Waals surface area contributed by atoms with Gasteiger partial charge >= 0.3 is 0 Å². The third kappa shape index (κ3) is 4.81. The summed E-state index contributed by atoms with van der Waals surface area (Å²) in [6.07, 6.45) is 1.90. The van der Waals surface area contributed by atoms with Crippen molar-refractivity contribution in [2.45, 2.75) is 19.8 Å². The van der Waals surface area contributed by atoms with Gasteiger partial charge < -0.3 is 15.1 Å². The van der Waals surface area contributed by atoms with Gasteiger partial charge in [0, 0.05) is 38.4 Å². The van der Waals surface area contributed by atoms with Gasteiger partial charge in [-0.2, -0.15) is 0 Å². The molecule has 0 bridgehead atoms. The van der Waals surface area contributed by atoms with Gasteiger partial charge in [-0.3, -0.25) is 4.79 Å². The zero-order valence-corrected chi connectivity index (χ0v) is 13.2.